The average molecular weight is 372 g/mol. The Hall–Kier alpha value is -2.44. The zero-order valence-electron chi connectivity index (χ0n) is 15.1. The Bertz CT molecular complexity index is 844. The molecule has 0 heterocycles. The predicted octanol–water partition coefficient (Wildman–Crippen LogP) is 2.70. The molecule has 2 rings (SSSR count). The number of aryl methyl sites for hydroxylation is 1. The van der Waals surface area contributed by atoms with E-state index in [2.05, 4.69) is 16.9 Å². The Morgan fingerprint density at radius 3 is 2.35 bits per heavy atom. The lowest BCUT2D eigenvalue weighted by molar-refractivity contribution is -0.124. The molecule has 2 aromatic carbocycles. The Kier molecular flexibility index (Phi) is 7.12. The van der Waals surface area contributed by atoms with E-state index in [0.29, 0.717) is 6.54 Å². The summed E-state index contributed by atoms with van der Waals surface area (Å²) in [5.74, 6) is -0.0787. The summed E-state index contributed by atoms with van der Waals surface area (Å²) in [6.07, 6.45) is 5.02. The summed E-state index contributed by atoms with van der Waals surface area (Å²) in [7, 11) is -0.294. The molecular weight excluding hydrogens is 348 g/mol. The molecular formula is C20H24N2O3S. The van der Waals surface area contributed by atoms with E-state index in [0.717, 1.165) is 18.4 Å². The maximum Gasteiger partial charge on any atom is 0.246 e. The number of hydrogen-bond acceptors (Lipinski definition) is 3. The first-order valence-electron chi connectivity index (χ1n) is 8.43. The number of benzene rings is 2. The van der Waals surface area contributed by atoms with Crippen molar-refractivity contribution < 1.29 is 13.2 Å². The van der Waals surface area contributed by atoms with Crippen LogP contribution in [0.3, 0.4) is 0 Å². The summed E-state index contributed by atoms with van der Waals surface area (Å²) >= 11 is 0. The van der Waals surface area contributed by atoms with Crippen molar-refractivity contribution in [1.29, 1.82) is 0 Å². The average Bonchev–Trinajstić information content (AvgIpc) is 2.67. The highest BCUT2D eigenvalue weighted by Crippen LogP contribution is 2.11. The lowest BCUT2D eigenvalue weighted by atomic mass is 10.1. The molecule has 0 fully saturated rings. The van der Waals surface area contributed by atoms with Crippen molar-refractivity contribution >= 4 is 22.0 Å². The van der Waals surface area contributed by atoms with Crippen molar-refractivity contribution in [2.45, 2.75) is 17.7 Å². The van der Waals surface area contributed by atoms with Gasteiger partial charge in [0.15, 0.2) is 0 Å². The molecule has 138 valence electrons. The minimum absolute atomic E-state index is 0.0787. The quantitative estimate of drug-likeness (QED) is 0.725. The van der Waals surface area contributed by atoms with E-state index in [4.69, 9.17) is 0 Å². The molecule has 26 heavy (non-hydrogen) atoms. The van der Waals surface area contributed by atoms with Crippen molar-refractivity contribution in [3.8, 4) is 0 Å². The highest BCUT2D eigenvalue weighted by molar-refractivity contribution is 7.89. The molecule has 0 atom stereocenters. The first-order chi connectivity index (χ1) is 12.4. The van der Waals surface area contributed by atoms with Gasteiger partial charge in [-0.1, -0.05) is 42.5 Å². The topological polar surface area (TPSA) is 66.5 Å². The van der Waals surface area contributed by atoms with Gasteiger partial charge in [0.25, 0.3) is 0 Å². The standard InChI is InChI=1S/C20H24N2O3S/c1-21-26(24,25)19-13-10-18(11-14-19)12-15-20(23)22(2)16-6-9-17-7-4-3-5-8-17/h3-5,7-8,10-15,21H,6,9,16H2,1-2H3/b15-12+. The third kappa shape index (κ3) is 5.82. The number of nitrogens with one attached hydrogen (secondary N) is 1. The van der Waals surface area contributed by atoms with E-state index >= 15 is 0 Å². The Balaban J connectivity index is 1.86. The van der Waals surface area contributed by atoms with E-state index in [9.17, 15) is 13.2 Å². The monoisotopic (exact) mass is 372 g/mol. The number of hydrogen-bond donors (Lipinski definition) is 1. The fourth-order valence-electron chi connectivity index (χ4n) is 2.45. The Labute approximate surface area is 155 Å². The van der Waals surface area contributed by atoms with Crippen LogP contribution >= 0.6 is 0 Å². The van der Waals surface area contributed by atoms with Crippen molar-refractivity contribution in [2.24, 2.45) is 0 Å². The zero-order chi connectivity index (χ0) is 19.0. The van der Waals surface area contributed by atoms with Crippen molar-refractivity contribution in [1.82, 2.24) is 9.62 Å². The van der Waals surface area contributed by atoms with Crippen LogP contribution in [-0.2, 0) is 21.2 Å². The van der Waals surface area contributed by atoms with E-state index < -0.39 is 10.0 Å². The number of amides is 1. The second-order valence-corrected chi connectivity index (χ2v) is 7.85. The number of carbonyl (C=O) groups excluding carboxylic acids is 1. The maximum atomic E-state index is 12.2. The molecule has 0 aliphatic heterocycles. The van der Waals surface area contributed by atoms with Crippen LogP contribution in [0.4, 0.5) is 0 Å². The van der Waals surface area contributed by atoms with Gasteiger partial charge in [-0.15, -0.1) is 0 Å². The van der Waals surface area contributed by atoms with Gasteiger partial charge in [0.1, 0.15) is 0 Å². The molecule has 0 spiro atoms. The minimum Gasteiger partial charge on any atom is -0.342 e. The van der Waals surface area contributed by atoms with Gasteiger partial charge in [-0.2, -0.15) is 0 Å². The molecule has 0 radical (unpaired) electrons. The van der Waals surface area contributed by atoms with Crippen LogP contribution in [0.2, 0.25) is 0 Å². The fraction of sp³-hybridized carbons (Fsp3) is 0.250. The number of carbonyl (C=O) groups is 1. The summed E-state index contributed by atoms with van der Waals surface area (Å²) in [6, 6.07) is 16.6. The van der Waals surface area contributed by atoms with Crippen LogP contribution < -0.4 is 4.72 Å². The third-order valence-electron chi connectivity index (χ3n) is 4.06. The highest BCUT2D eigenvalue weighted by atomic mass is 32.2. The lowest BCUT2D eigenvalue weighted by Crippen LogP contribution is -2.26. The van der Waals surface area contributed by atoms with Crippen LogP contribution in [-0.4, -0.2) is 39.9 Å². The van der Waals surface area contributed by atoms with Gasteiger partial charge in [-0.05, 0) is 49.2 Å². The number of sulfonamides is 1. The Morgan fingerprint density at radius 1 is 1.08 bits per heavy atom. The lowest BCUT2D eigenvalue weighted by Gasteiger charge is -2.14. The van der Waals surface area contributed by atoms with Gasteiger partial charge in [-0.3, -0.25) is 4.79 Å². The number of likely N-dealkylation sites (N-methyl/N-ethyl adjacent to an activating group) is 1. The summed E-state index contributed by atoms with van der Waals surface area (Å²) < 4.78 is 25.6. The first kappa shape index (κ1) is 19.9. The maximum absolute atomic E-state index is 12.2. The molecule has 2 aromatic rings. The van der Waals surface area contributed by atoms with Gasteiger partial charge in [0.2, 0.25) is 15.9 Å². The molecule has 0 bridgehead atoms. The van der Waals surface area contributed by atoms with E-state index in [1.54, 1.807) is 30.2 Å². The summed E-state index contributed by atoms with van der Waals surface area (Å²) in [4.78, 5) is 14.0. The fourth-order valence-corrected chi connectivity index (χ4v) is 3.18. The van der Waals surface area contributed by atoms with Gasteiger partial charge in [0.05, 0.1) is 4.90 Å². The molecule has 0 saturated heterocycles. The van der Waals surface area contributed by atoms with Crippen molar-refractivity contribution in [3.05, 3.63) is 71.8 Å². The summed E-state index contributed by atoms with van der Waals surface area (Å²) in [5.41, 5.74) is 2.03. The molecule has 1 N–H and O–H groups in total. The van der Waals surface area contributed by atoms with Gasteiger partial charge in [0, 0.05) is 19.7 Å². The SMILES string of the molecule is CNS(=O)(=O)c1ccc(/C=C/C(=O)N(C)CCCc2ccccc2)cc1. The second kappa shape index (κ2) is 9.31. The normalized spacial score (nSPS) is 11.6. The highest BCUT2D eigenvalue weighted by Gasteiger charge is 2.10. The second-order valence-electron chi connectivity index (χ2n) is 5.96. The van der Waals surface area contributed by atoms with Crippen molar-refractivity contribution in [2.75, 3.05) is 20.6 Å². The van der Waals surface area contributed by atoms with Crippen LogP contribution in [0.25, 0.3) is 6.08 Å². The molecule has 0 saturated carbocycles. The van der Waals surface area contributed by atoms with Crippen LogP contribution in [0.1, 0.15) is 17.5 Å². The van der Waals surface area contributed by atoms with Crippen LogP contribution in [0, 0.1) is 0 Å². The summed E-state index contributed by atoms with van der Waals surface area (Å²) in [5, 5.41) is 0. The van der Waals surface area contributed by atoms with Crippen LogP contribution in [0.5, 0.6) is 0 Å². The van der Waals surface area contributed by atoms with Gasteiger partial charge in [-0.25, -0.2) is 13.1 Å². The third-order valence-corrected chi connectivity index (χ3v) is 5.49. The van der Waals surface area contributed by atoms with E-state index in [1.807, 2.05) is 18.2 Å². The molecule has 0 aliphatic rings. The Morgan fingerprint density at radius 2 is 1.73 bits per heavy atom. The number of rotatable bonds is 8. The molecule has 5 nitrogen and oxygen atoms in total. The van der Waals surface area contributed by atoms with E-state index in [1.165, 1.54) is 30.8 Å². The minimum atomic E-state index is -3.44. The molecule has 1 amide bonds. The first-order valence-corrected chi connectivity index (χ1v) is 9.91. The largest absolute Gasteiger partial charge is 0.342 e. The zero-order valence-corrected chi connectivity index (χ0v) is 15.9. The smallest absolute Gasteiger partial charge is 0.246 e. The van der Waals surface area contributed by atoms with E-state index in [-0.39, 0.29) is 10.8 Å². The van der Waals surface area contributed by atoms with Gasteiger partial charge >= 0.3 is 0 Å². The predicted molar refractivity (Wildman–Crippen MR) is 104 cm³/mol. The van der Waals surface area contributed by atoms with Gasteiger partial charge < -0.3 is 4.90 Å². The molecule has 6 heteroatoms. The number of nitrogens with zero attached hydrogens (tertiary/aromatic N) is 1. The molecule has 0 unspecified atom stereocenters. The summed E-state index contributed by atoms with van der Waals surface area (Å²) in [6.45, 7) is 0.678. The van der Waals surface area contributed by atoms with Crippen LogP contribution in [0.15, 0.2) is 65.6 Å². The van der Waals surface area contributed by atoms with Crippen molar-refractivity contribution in [3.63, 3.8) is 0 Å². The molecule has 0 aromatic heterocycles. The molecule has 0 aliphatic carbocycles.